The number of anilines is 1. The SMILES string of the molecule is NC(=O)[C@@H]1CCCN(C(=O)CNc2cc(F)c(F)cc2F)C1. The minimum Gasteiger partial charge on any atom is -0.374 e. The molecule has 22 heavy (non-hydrogen) atoms. The Balaban J connectivity index is 1.95. The zero-order chi connectivity index (χ0) is 16.3. The third-order valence-corrected chi connectivity index (χ3v) is 3.62. The Labute approximate surface area is 125 Å². The summed E-state index contributed by atoms with van der Waals surface area (Å²) in [6.45, 7) is 0.411. The molecule has 120 valence electrons. The summed E-state index contributed by atoms with van der Waals surface area (Å²) in [5.41, 5.74) is 4.93. The lowest BCUT2D eigenvalue weighted by atomic mass is 9.97. The number of hydrogen-bond donors (Lipinski definition) is 2. The highest BCUT2D eigenvalue weighted by Crippen LogP contribution is 2.19. The molecule has 3 N–H and O–H groups in total. The maximum absolute atomic E-state index is 13.4. The number of nitrogens with zero attached hydrogens (tertiary/aromatic N) is 1. The first-order valence-corrected chi connectivity index (χ1v) is 6.84. The van der Waals surface area contributed by atoms with Crippen LogP contribution < -0.4 is 11.1 Å². The van der Waals surface area contributed by atoms with Gasteiger partial charge < -0.3 is 16.0 Å². The van der Waals surface area contributed by atoms with Crippen molar-refractivity contribution >= 4 is 17.5 Å². The van der Waals surface area contributed by atoms with E-state index in [9.17, 15) is 22.8 Å². The van der Waals surface area contributed by atoms with Gasteiger partial charge in [0.25, 0.3) is 0 Å². The highest BCUT2D eigenvalue weighted by atomic mass is 19.2. The predicted molar refractivity (Wildman–Crippen MR) is 73.3 cm³/mol. The second-order valence-corrected chi connectivity index (χ2v) is 5.18. The zero-order valence-corrected chi connectivity index (χ0v) is 11.7. The standard InChI is InChI=1S/C14H16F3N3O2/c15-9-4-11(17)12(5-10(9)16)19-6-13(21)20-3-1-2-8(7-20)14(18)22/h4-5,8,19H,1-3,6-7H2,(H2,18,22)/t8-/m1/s1. The van der Waals surface area contributed by atoms with Crippen molar-refractivity contribution in [3.63, 3.8) is 0 Å². The Morgan fingerprint density at radius 3 is 2.59 bits per heavy atom. The van der Waals surface area contributed by atoms with Crippen LogP contribution in [0.5, 0.6) is 0 Å². The van der Waals surface area contributed by atoms with Gasteiger partial charge in [-0.3, -0.25) is 9.59 Å². The van der Waals surface area contributed by atoms with Crippen LogP contribution in [-0.4, -0.2) is 36.3 Å². The van der Waals surface area contributed by atoms with E-state index in [4.69, 9.17) is 5.73 Å². The van der Waals surface area contributed by atoms with Crippen LogP contribution in [0.1, 0.15) is 12.8 Å². The van der Waals surface area contributed by atoms with Crippen molar-refractivity contribution in [2.24, 2.45) is 11.7 Å². The highest BCUT2D eigenvalue weighted by molar-refractivity contribution is 5.82. The van der Waals surface area contributed by atoms with E-state index in [-0.39, 0.29) is 24.7 Å². The van der Waals surface area contributed by atoms with Gasteiger partial charge in [0.05, 0.1) is 18.2 Å². The average molecular weight is 315 g/mol. The number of benzene rings is 1. The molecule has 1 aromatic carbocycles. The smallest absolute Gasteiger partial charge is 0.241 e. The molecule has 1 aliphatic heterocycles. The van der Waals surface area contributed by atoms with E-state index in [1.165, 1.54) is 4.90 Å². The Kier molecular flexibility index (Phi) is 4.89. The molecular formula is C14H16F3N3O2. The summed E-state index contributed by atoms with van der Waals surface area (Å²) in [5.74, 6) is -4.71. The van der Waals surface area contributed by atoms with E-state index < -0.39 is 29.3 Å². The molecule has 1 fully saturated rings. The maximum atomic E-state index is 13.4. The van der Waals surface area contributed by atoms with Gasteiger partial charge in [-0.2, -0.15) is 0 Å². The Morgan fingerprint density at radius 2 is 1.91 bits per heavy atom. The molecule has 0 radical (unpaired) electrons. The number of likely N-dealkylation sites (tertiary alicyclic amines) is 1. The number of nitrogens with one attached hydrogen (secondary N) is 1. The summed E-state index contributed by atoms with van der Waals surface area (Å²) < 4.78 is 39.3. The van der Waals surface area contributed by atoms with Crippen LogP contribution in [-0.2, 0) is 9.59 Å². The van der Waals surface area contributed by atoms with Crippen molar-refractivity contribution in [2.75, 3.05) is 25.0 Å². The summed E-state index contributed by atoms with van der Waals surface area (Å²) in [4.78, 5) is 24.6. The van der Waals surface area contributed by atoms with Gasteiger partial charge in [0.2, 0.25) is 11.8 Å². The van der Waals surface area contributed by atoms with E-state index in [1.54, 1.807) is 0 Å². The van der Waals surface area contributed by atoms with Gasteiger partial charge in [-0.25, -0.2) is 13.2 Å². The van der Waals surface area contributed by atoms with Crippen molar-refractivity contribution in [3.05, 3.63) is 29.6 Å². The van der Waals surface area contributed by atoms with Gasteiger partial charge in [-0.1, -0.05) is 0 Å². The molecule has 0 bridgehead atoms. The second-order valence-electron chi connectivity index (χ2n) is 5.18. The first kappa shape index (κ1) is 16.1. The van der Waals surface area contributed by atoms with Crippen LogP contribution in [0, 0.1) is 23.4 Å². The predicted octanol–water partition coefficient (Wildman–Crippen LogP) is 1.24. The quantitative estimate of drug-likeness (QED) is 0.821. The van der Waals surface area contributed by atoms with Crippen LogP contribution in [0.4, 0.5) is 18.9 Å². The number of amides is 2. The molecule has 0 aromatic heterocycles. The van der Waals surface area contributed by atoms with Gasteiger partial charge in [0, 0.05) is 25.2 Å². The van der Waals surface area contributed by atoms with Crippen molar-refractivity contribution in [2.45, 2.75) is 12.8 Å². The number of piperidine rings is 1. The van der Waals surface area contributed by atoms with Crippen molar-refractivity contribution in [1.29, 1.82) is 0 Å². The van der Waals surface area contributed by atoms with Crippen molar-refractivity contribution < 1.29 is 22.8 Å². The number of halogens is 3. The third kappa shape index (κ3) is 3.69. The molecule has 5 nitrogen and oxygen atoms in total. The van der Waals surface area contributed by atoms with E-state index >= 15 is 0 Å². The Morgan fingerprint density at radius 1 is 1.23 bits per heavy atom. The van der Waals surface area contributed by atoms with E-state index in [0.29, 0.717) is 31.5 Å². The molecular weight excluding hydrogens is 299 g/mol. The van der Waals surface area contributed by atoms with Crippen LogP contribution in [0.25, 0.3) is 0 Å². The highest BCUT2D eigenvalue weighted by Gasteiger charge is 2.26. The zero-order valence-electron chi connectivity index (χ0n) is 11.7. The van der Waals surface area contributed by atoms with Crippen LogP contribution in [0.15, 0.2) is 12.1 Å². The fourth-order valence-corrected chi connectivity index (χ4v) is 2.38. The normalized spacial score (nSPS) is 18.1. The fraction of sp³-hybridized carbons (Fsp3) is 0.429. The van der Waals surface area contributed by atoms with Gasteiger partial charge in [0.15, 0.2) is 11.6 Å². The third-order valence-electron chi connectivity index (χ3n) is 3.62. The van der Waals surface area contributed by atoms with E-state index in [2.05, 4.69) is 5.32 Å². The first-order chi connectivity index (χ1) is 10.4. The Hall–Kier alpha value is -2.25. The summed E-state index contributed by atoms with van der Waals surface area (Å²) in [6, 6.07) is 1.06. The lowest BCUT2D eigenvalue weighted by Gasteiger charge is -2.31. The first-order valence-electron chi connectivity index (χ1n) is 6.84. The Bertz CT molecular complexity index is 595. The largest absolute Gasteiger partial charge is 0.374 e. The molecule has 1 saturated heterocycles. The number of hydrogen-bond acceptors (Lipinski definition) is 3. The molecule has 1 heterocycles. The number of nitrogens with two attached hydrogens (primary N) is 1. The monoisotopic (exact) mass is 315 g/mol. The summed E-state index contributed by atoms with van der Waals surface area (Å²) in [6.07, 6.45) is 1.28. The van der Waals surface area contributed by atoms with Crippen LogP contribution in [0.3, 0.4) is 0 Å². The number of carbonyl (C=O) groups excluding carboxylic acids is 2. The molecule has 0 saturated carbocycles. The van der Waals surface area contributed by atoms with Gasteiger partial charge in [-0.05, 0) is 12.8 Å². The minimum absolute atomic E-state index is 0.218. The maximum Gasteiger partial charge on any atom is 0.241 e. The molecule has 1 aromatic rings. The minimum atomic E-state index is -1.30. The average Bonchev–Trinajstić information content (AvgIpc) is 2.49. The molecule has 0 unspecified atom stereocenters. The lowest BCUT2D eigenvalue weighted by molar-refractivity contribution is -0.133. The van der Waals surface area contributed by atoms with Crippen LogP contribution in [0.2, 0.25) is 0 Å². The van der Waals surface area contributed by atoms with Crippen LogP contribution >= 0.6 is 0 Å². The van der Waals surface area contributed by atoms with E-state index in [0.717, 1.165) is 0 Å². The van der Waals surface area contributed by atoms with E-state index in [1.807, 2.05) is 0 Å². The number of carbonyl (C=O) groups is 2. The molecule has 1 atom stereocenters. The molecule has 1 aliphatic rings. The molecule has 0 spiro atoms. The number of primary amides is 1. The molecule has 0 aliphatic carbocycles. The van der Waals surface area contributed by atoms with Gasteiger partial charge >= 0.3 is 0 Å². The lowest BCUT2D eigenvalue weighted by Crippen LogP contribution is -2.46. The molecule has 8 heteroatoms. The van der Waals surface area contributed by atoms with Crippen molar-refractivity contribution in [1.82, 2.24) is 4.90 Å². The second kappa shape index (κ2) is 6.67. The summed E-state index contributed by atoms with van der Waals surface area (Å²) >= 11 is 0. The topological polar surface area (TPSA) is 75.4 Å². The van der Waals surface area contributed by atoms with Gasteiger partial charge in [-0.15, -0.1) is 0 Å². The summed E-state index contributed by atoms with van der Waals surface area (Å²) in [5, 5.41) is 2.43. The molecule has 2 amide bonds. The fourth-order valence-electron chi connectivity index (χ4n) is 2.38. The van der Waals surface area contributed by atoms with Gasteiger partial charge in [0.1, 0.15) is 5.82 Å². The van der Waals surface area contributed by atoms with Crippen molar-refractivity contribution in [3.8, 4) is 0 Å². The molecule has 2 rings (SSSR count). The summed E-state index contributed by atoms with van der Waals surface area (Å²) in [7, 11) is 0. The number of rotatable bonds is 4.